The van der Waals surface area contributed by atoms with E-state index in [4.69, 9.17) is 33.2 Å². The summed E-state index contributed by atoms with van der Waals surface area (Å²) in [5.74, 6) is -12.4. The summed E-state index contributed by atoms with van der Waals surface area (Å²) >= 11 is 0. The number of rotatable bonds is 18. The molecule has 4 aliphatic carbocycles. The van der Waals surface area contributed by atoms with E-state index in [1.165, 1.54) is 12.0 Å². The summed E-state index contributed by atoms with van der Waals surface area (Å²) in [6.45, 7) is 21.7. The Labute approximate surface area is 615 Å². The van der Waals surface area contributed by atoms with Crippen LogP contribution in [0.2, 0.25) is 0 Å². The molecule has 8 rings (SSSR count). The number of amides is 1. The zero-order valence-electron chi connectivity index (χ0n) is 64.0. The fourth-order valence-corrected chi connectivity index (χ4v) is 17.4. The van der Waals surface area contributed by atoms with Crippen LogP contribution in [0.1, 0.15) is 217 Å². The van der Waals surface area contributed by atoms with Crippen LogP contribution in [0.3, 0.4) is 0 Å². The van der Waals surface area contributed by atoms with E-state index < -0.39 is 136 Å². The number of piperidine rings is 1. The summed E-state index contributed by atoms with van der Waals surface area (Å²) in [6.07, 6.45) is 14.7. The van der Waals surface area contributed by atoms with Gasteiger partial charge in [-0.3, -0.25) is 38.4 Å². The molecule has 3 saturated heterocycles. The number of Topliss-reactive ketones (excluding diaryl/α,β-unsaturated/α-hetero) is 5. The van der Waals surface area contributed by atoms with Gasteiger partial charge in [-0.1, -0.05) is 111 Å². The van der Waals surface area contributed by atoms with Gasteiger partial charge in [-0.15, -0.1) is 0 Å². The minimum absolute atomic E-state index is 0.0335. The van der Waals surface area contributed by atoms with E-state index in [0.29, 0.717) is 114 Å². The highest BCUT2D eigenvalue weighted by atomic mass is 16.6. The first-order chi connectivity index (χ1) is 49.3. The van der Waals surface area contributed by atoms with Crippen molar-refractivity contribution in [1.82, 2.24) is 9.80 Å². The third-order valence-corrected chi connectivity index (χ3v) is 24.0. The highest BCUT2D eigenvalue weighted by Crippen LogP contribution is 2.61. The highest BCUT2D eigenvalue weighted by molar-refractivity contribution is 6.39. The molecule has 0 aromatic heterocycles. The van der Waals surface area contributed by atoms with Gasteiger partial charge in [0.05, 0.1) is 29.3 Å². The molecular weight excluding hydrogens is 1330 g/mol. The third kappa shape index (κ3) is 19.2. The molecule has 0 radical (unpaired) electrons. The van der Waals surface area contributed by atoms with E-state index in [-0.39, 0.29) is 110 Å². The minimum atomic E-state index is -2.48. The second-order valence-electron chi connectivity index (χ2n) is 31.6. The predicted octanol–water partition coefficient (Wildman–Crippen LogP) is 11.3. The molecule has 4 heterocycles. The number of hydrogen-bond acceptors (Lipinski definition) is 21. The average molecular weight is 1450 g/mol. The van der Waals surface area contributed by atoms with Gasteiger partial charge in [-0.25, -0.2) is 9.59 Å². The lowest BCUT2D eigenvalue weighted by molar-refractivity contribution is -0.265. The number of hydrogen-bond donors (Lipinski definition) is 3. The molecule has 2 saturated carbocycles. The number of ketones is 5. The van der Waals surface area contributed by atoms with Crippen LogP contribution in [0.25, 0.3) is 0 Å². The van der Waals surface area contributed by atoms with Crippen LogP contribution < -0.4 is 0 Å². The van der Waals surface area contributed by atoms with Gasteiger partial charge in [-0.05, 0) is 158 Å². The van der Waals surface area contributed by atoms with Crippen molar-refractivity contribution in [3.63, 3.8) is 0 Å². The predicted molar refractivity (Wildman–Crippen MR) is 387 cm³/mol. The van der Waals surface area contributed by atoms with E-state index in [1.807, 2.05) is 65.0 Å². The number of methoxy groups -OCH3 is 2. The van der Waals surface area contributed by atoms with Crippen LogP contribution in [0.5, 0.6) is 0 Å². The number of cyclic esters (lactones) is 2. The lowest BCUT2D eigenvalue weighted by Crippen LogP contribution is -2.61. The maximum atomic E-state index is 14.8. The second-order valence-corrected chi connectivity index (χ2v) is 31.6. The SMILES string of the molecule is CCN(CC)C/C=C1/C(=O)OC[C@@]2(C)C1=C(O)C(=O)C1=C2[C@H](OC(=O)CCCCCCC(=O)O[C@@H]2/C(C)=C/[C@@H](C)C(=O)C[C@@H]([C@H](C)CC3CCC(O)CC3)OC(=O)C3CCCCN3C(=O)C(=O)[C@]3(O)O[C@@H](CC[C@H]3C)C[C@H](OC)/C(C)=C/C=C/C=C/[C@@H](C)C[C@@H](C)C(=O)[C@@H]2OC)C[C@]2(C)C(=O)CC[C@@H]12. The third-order valence-electron chi connectivity index (χ3n) is 24.0. The summed E-state index contributed by atoms with van der Waals surface area (Å²) in [7, 11) is 2.93. The Morgan fingerprint density at radius 1 is 0.798 bits per heavy atom. The number of ether oxygens (including phenoxy) is 7. The van der Waals surface area contributed by atoms with E-state index in [1.54, 1.807) is 60.8 Å². The van der Waals surface area contributed by atoms with Crippen LogP contribution >= 0.6 is 0 Å². The number of carbonyl (C=O) groups is 10. The van der Waals surface area contributed by atoms with Crippen molar-refractivity contribution >= 4 is 58.7 Å². The van der Waals surface area contributed by atoms with Crippen LogP contribution in [-0.2, 0) is 81.1 Å². The van der Waals surface area contributed by atoms with Gasteiger partial charge in [-0.2, -0.15) is 0 Å². The largest absolute Gasteiger partial charge is 0.504 e. The van der Waals surface area contributed by atoms with E-state index in [2.05, 4.69) is 4.90 Å². The first-order valence-corrected chi connectivity index (χ1v) is 38.6. The standard InChI is InChI=1S/C82H118N2O20/c1-14-83(15-2)40-38-58-69-73(92)72(91)68-59-36-37-65(87)80(59,10)46-64(70(68)81(69,11)47-100-78(58)95)101-66(88)28-21-16-17-22-29-67(89)103-74-53(8)42-50(5)61(86)45-63(51(6)43-55-31-33-56(85)34-32-55)102-79(96)60-27-23-24-39-84(60)77(94)76(93)82(97)54(9)30-35-57(104-82)44-62(98-12)49(4)26-20-18-19-25-48(3)41-52(7)71(90)75(74)99-13/h18-20,25-26,38,42,48,50-52,54-57,59-60,62-64,74-75,85,92,97H,14-17,21-24,27-37,39-41,43-47H2,1-13H3/b20-18+,25-19+,49-26+,53-42+,58-38+/t48-,50-,51-,52-,54-,55?,56?,57+,59+,60?,62+,63+,64-,74-,75+,80+,81+,82-/m1/s1. The van der Waals surface area contributed by atoms with Crippen molar-refractivity contribution in [2.24, 2.45) is 52.3 Å². The Bertz CT molecular complexity index is 3400. The molecule has 3 N–H and O–H groups in total. The fourth-order valence-electron chi connectivity index (χ4n) is 17.4. The number of allylic oxidation sites excluding steroid dienone is 7. The normalized spacial score (nSPS) is 36.4. The number of nitrogens with zero attached hydrogens (tertiary/aromatic N) is 2. The van der Waals surface area contributed by atoms with E-state index in [9.17, 15) is 63.3 Å². The molecule has 104 heavy (non-hydrogen) atoms. The molecule has 0 aromatic rings. The number of likely N-dealkylation sites (N-methyl/N-ethyl adjacent to an activating group) is 1. The zero-order valence-corrected chi connectivity index (χ0v) is 64.0. The molecule has 1 amide bonds. The van der Waals surface area contributed by atoms with Gasteiger partial charge in [0.25, 0.3) is 11.7 Å². The summed E-state index contributed by atoms with van der Waals surface area (Å²) < 4.78 is 42.9. The minimum Gasteiger partial charge on any atom is -0.504 e. The number of esters is 4. The molecule has 5 fully saturated rings. The van der Waals surface area contributed by atoms with Gasteiger partial charge in [0.1, 0.15) is 36.4 Å². The molecular formula is C82H118N2O20. The molecule has 22 nitrogen and oxygen atoms in total. The van der Waals surface area contributed by atoms with Crippen molar-refractivity contribution in [1.29, 1.82) is 0 Å². The maximum absolute atomic E-state index is 14.8. The topological polar surface area (TPSA) is 302 Å². The average Bonchev–Trinajstić information content (AvgIpc) is 1.16. The van der Waals surface area contributed by atoms with Gasteiger partial charge in [0.15, 0.2) is 23.8 Å². The van der Waals surface area contributed by atoms with Gasteiger partial charge in [0, 0.05) is 106 Å². The highest BCUT2D eigenvalue weighted by Gasteiger charge is 2.63. The van der Waals surface area contributed by atoms with E-state index >= 15 is 0 Å². The van der Waals surface area contributed by atoms with Crippen LogP contribution in [0.4, 0.5) is 0 Å². The quantitative estimate of drug-likeness (QED) is 0.0287. The Balaban J connectivity index is 0.993. The van der Waals surface area contributed by atoms with Crippen molar-refractivity contribution in [3.05, 3.63) is 81.7 Å². The van der Waals surface area contributed by atoms with Crippen LogP contribution in [0, 0.1) is 52.3 Å². The molecule has 1 unspecified atom stereocenters. The molecule has 4 aliphatic heterocycles. The van der Waals surface area contributed by atoms with Crippen molar-refractivity contribution in [3.8, 4) is 0 Å². The zero-order chi connectivity index (χ0) is 76.1. The van der Waals surface area contributed by atoms with E-state index in [0.717, 1.165) is 18.4 Å². The number of unbranched alkanes of at least 4 members (excludes halogenated alkanes) is 3. The molecule has 2 bridgehead atoms. The smallest absolute Gasteiger partial charge is 0.338 e. The van der Waals surface area contributed by atoms with Crippen LogP contribution in [-0.4, -0.2) is 185 Å². The fraction of sp³-hybridized carbons (Fsp3) is 0.707. The van der Waals surface area contributed by atoms with Crippen molar-refractivity contribution in [2.75, 3.05) is 47.0 Å². The summed E-state index contributed by atoms with van der Waals surface area (Å²) in [5.41, 5.74) is -0.185. The Morgan fingerprint density at radius 3 is 2.14 bits per heavy atom. The van der Waals surface area contributed by atoms with Crippen LogP contribution in [0.15, 0.2) is 81.7 Å². The molecule has 576 valence electrons. The van der Waals surface area contributed by atoms with Crippen molar-refractivity contribution < 1.29 is 96.4 Å². The molecule has 0 spiro atoms. The monoisotopic (exact) mass is 1450 g/mol. The Hall–Kier alpha value is -6.56. The van der Waals surface area contributed by atoms with Gasteiger partial charge in [0.2, 0.25) is 11.6 Å². The second kappa shape index (κ2) is 36.8. The van der Waals surface area contributed by atoms with Gasteiger partial charge < -0.3 is 58.3 Å². The number of fused-ring (bicyclic) bond motifs is 7. The molecule has 0 aromatic carbocycles. The molecule has 22 heteroatoms. The maximum Gasteiger partial charge on any atom is 0.338 e. The first-order valence-electron chi connectivity index (χ1n) is 38.6. The lowest BCUT2D eigenvalue weighted by Gasteiger charge is -2.50. The number of aliphatic hydroxyl groups excluding tert-OH is 2. The summed E-state index contributed by atoms with van der Waals surface area (Å²) in [5, 5.41) is 34.3. The van der Waals surface area contributed by atoms with Crippen molar-refractivity contribution in [2.45, 2.75) is 272 Å². The summed E-state index contributed by atoms with van der Waals surface area (Å²) in [4.78, 5) is 146. The van der Waals surface area contributed by atoms with Gasteiger partial charge >= 0.3 is 23.9 Å². The lowest BCUT2D eigenvalue weighted by atomic mass is 9.55. The summed E-state index contributed by atoms with van der Waals surface area (Å²) in [6, 6.07) is -1.20. The number of carbonyl (C=O) groups excluding carboxylic acids is 10. The number of aliphatic hydroxyl groups is 3. The first kappa shape index (κ1) is 83.1. The Morgan fingerprint density at radius 2 is 1.48 bits per heavy atom. The molecule has 16 atom stereocenters. The Kier molecular flexibility index (Phi) is 29.4. The molecule has 8 aliphatic rings.